The van der Waals surface area contributed by atoms with Crippen molar-refractivity contribution in [1.29, 1.82) is 0 Å². The lowest BCUT2D eigenvalue weighted by Gasteiger charge is -2.35. The molecule has 140 valence electrons. The third-order valence-corrected chi connectivity index (χ3v) is 6.21. The summed E-state index contributed by atoms with van der Waals surface area (Å²) in [5.41, 5.74) is 0.528. The highest BCUT2D eigenvalue weighted by Gasteiger charge is 2.30. The lowest BCUT2D eigenvalue weighted by Crippen LogP contribution is -2.46. The summed E-state index contributed by atoms with van der Waals surface area (Å²) in [5, 5.41) is 14.9. The summed E-state index contributed by atoms with van der Waals surface area (Å²) in [4.78, 5) is 12.6. The number of rotatable bonds is 5. The molecule has 1 aliphatic rings. The van der Waals surface area contributed by atoms with Crippen LogP contribution in [0.15, 0.2) is 29.4 Å². The van der Waals surface area contributed by atoms with Crippen LogP contribution >= 0.6 is 11.8 Å². The van der Waals surface area contributed by atoms with E-state index < -0.39 is 0 Å². The molecular weight excluding hydrogens is 353 g/mol. The van der Waals surface area contributed by atoms with Crippen LogP contribution in [0.3, 0.4) is 0 Å². The van der Waals surface area contributed by atoms with Gasteiger partial charge in [-0.25, -0.2) is 4.39 Å². The molecule has 1 amide bonds. The van der Waals surface area contributed by atoms with Gasteiger partial charge in [0.15, 0.2) is 0 Å². The standard InChI is InChI=1S/C18H24FN5OS/c1-11-6-4-9-16(12(11)2)20-17(25)13(3)26-18-21-22-23-24(18)15-8-5-7-14(19)10-15/h5,7-8,10-13,16H,4,6,9H2,1-3H3,(H,20,25). The molecular formula is C18H24FN5OS. The van der Waals surface area contributed by atoms with Gasteiger partial charge in [-0.2, -0.15) is 4.68 Å². The van der Waals surface area contributed by atoms with Crippen LogP contribution in [0.1, 0.15) is 40.0 Å². The van der Waals surface area contributed by atoms with Crippen molar-refractivity contribution < 1.29 is 9.18 Å². The highest BCUT2D eigenvalue weighted by atomic mass is 32.2. The van der Waals surface area contributed by atoms with E-state index >= 15 is 0 Å². The second kappa shape index (κ2) is 8.16. The van der Waals surface area contributed by atoms with Crippen LogP contribution in [0.2, 0.25) is 0 Å². The maximum atomic E-state index is 13.5. The van der Waals surface area contributed by atoms with Crippen molar-refractivity contribution in [3.05, 3.63) is 30.1 Å². The number of carbonyl (C=O) groups excluding carboxylic acids is 1. The van der Waals surface area contributed by atoms with Crippen LogP contribution in [0.25, 0.3) is 5.69 Å². The molecule has 1 aliphatic carbocycles. The van der Waals surface area contributed by atoms with E-state index in [1.165, 1.54) is 35.0 Å². The highest BCUT2D eigenvalue weighted by molar-refractivity contribution is 8.00. The summed E-state index contributed by atoms with van der Waals surface area (Å²) in [6.07, 6.45) is 3.39. The highest BCUT2D eigenvalue weighted by Crippen LogP contribution is 2.30. The van der Waals surface area contributed by atoms with Gasteiger partial charge in [-0.05, 0) is 53.8 Å². The first kappa shape index (κ1) is 18.8. The predicted molar refractivity (Wildman–Crippen MR) is 98.5 cm³/mol. The first-order valence-electron chi connectivity index (χ1n) is 8.97. The van der Waals surface area contributed by atoms with Crippen molar-refractivity contribution in [3.63, 3.8) is 0 Å². The number of aromatic nitrogens is 4. The van der Waals surface area contributed by atoms with Crippen molar-refractivity contribution >= 4 is 17.7 Å². The van der Waals surface area contributed by atoms with Gasteiger partial charge >= 0.3 is 0 Å². The molecule has 2 aromatic rings. The Labute approximate surface area is 156 Å². The monoisotopic (exact) mass is 377 g/mol. The minimum absolute atomic E-state index is 0.0188. The summed E-state index contributed by atoms with van der Waals surface area (Å²) in [6.45, 7) is 6.28. The van der Waals surface area contributed by atoms with Gasteiger partial charge in [-0.3, -0.25) is 4.79 Å². The van der Waals surface area contributed by atoms with Crippen molar-refractivity contribution in [2.75, 3.05) is 0 Å². The Bertz CT molecular complexity index is 768. The number of nitrogens with zero attached hydrogens (tertiary/aromatic N) is 4. The van der Waals surface area contributed by atoms with E-state index in [2.05, 4.69) is 34.7 Å². The molecule has 0 radical (unpaired) electrons. The summed E-state index contributed by atoms with van der Waals surface area (Å²) in [7, 11) is 0. The Hall–Kier alpha value is -1.96. The topological polar surface area (TPSA) is 72.7 Å². The fourth-order valence-corrected chi connectivity index (χ4v) is 4.14. The quantitative estimate of drug-likeness (QED) is 0.810. The molecule has 0 saturated heterocycles. The van der Waals surface area contributed by atoms with Crippen molar-refractivity contribution in [2.45, 2.75) is 56.5 Å². The molecule has 3 rings (SSSR count). The molecule has 4 atom stereocenters. The van der Waals surface area contributed by atoms with Crippen LogP contribution in [0, 0.1) is 17.7 Å². The predicted octanol–water partition coefficient (Wildman–Crippen LogP) is 3.22. The Morgan fingerprint density at radius 1 is 1.38 bits per heavy atom. The Morgan fingerprint density at radius 3 is 2.96 bits per heavy atom. The summed E-state index contributed by atoms with van der Waals surface area (Å²) >= 11 is 1.27. The number of hydrogen-bond acceptors (Lipinski definition) is 5. The van der Waals surface area contributed by atoms with E-state index in [9.17, 15) is 9.18 Å². The van der Waals surface area contributed by atoms with E-state index in [1.807, 2.05) is 6.92 Å². The van der Waals surface area contributed by atoms with E-state index in [4.69, 9.17) is 0 Å². The summed E-state index contributed by atoms with van der Waals surface area (Å²) < 4.78 is 14.9. The van der Waals surface area contributed by atoms with E-state index in [0.29, 0.717) is 22.7 Å². The zero-order chi connectivity index (χ0) is 18.7. The van der Waals surface area contributed by atoms with E-state index in [1.54, 1.807) is 12.1 Å². The Kier molecular flexibility index (Phi) is 5.90. The molecule has 1 fully saturated rings. The molecule has 1 N–H and O–H groups in total. The number of halogens is 1. The largest absolute Gasteiger partial charge is 0.352 e. The second-order valence-electron chi connectivity index (χ2n) is 7.00. The van der Waals surface area contributed by atoms with E-state index in [0.717, 1.165) is 12.8 Å². The maximum absolute atomic E-state index is 13.5. The number of amides is 1. The summed E-state index contributed by atoms with van der Waals surface area (Å²) in [6, 6.07) is 6.26. The molecule has 4 unspecified atom stereocenters. The second-order valence-corrected chi connectivity index (χ2v) is 8.30. The van der Waals surface area contributed by atoms with Crippen LogP contribution < -0.4 is 5.32 Å². The fraction of sp³-hybridized carbons (Fsp3) is 0.556. The third-order valence-electron chi connectivity index (χ3n) is 5.18. The minimum Gasteiger partial charge on any atom is -0.352 e. The van der Waals surface area contributed by atoms with Crippen molar-refractivity contribution in [1.82, 2.24) is 25.5 Å². The zero-order valence-electron chi connectivity index (χ0n) is 15.2. The van der Waals surface area contributed by atoms with Gasteiger partial charge in [0, 0.05) is 6.04 Å². The molecule has 0 spiro atoms. The fourth-order valence-electron chi connectivity index (χ4n) is 3.32. The average Bonchev–Trinajstić information content (AvgIpc) is 3.07. The lowest BCUT2D eigenvalue weighted by atomic mass is 9.78. The van der Waals surface area contributed by atoms with Crippen molar-refractivity contribution in [3.8, 4) is 5.69 Å². The van der Waals surface area contributed by atoms with Gasteiger partial charge in [0.1, 0.15) is 5.82 Å². The molecule has 1 aromatic carbocycles. The molecule has 0 aliphatic heterocycles. The molecule has 1 heterocycles. The number of benzene rings is 1. The summed E-state index contributed by atoms with van der Waals surface area (Å²) in [5.74, 6) is 0.717. The van der Waals surface area contributed by atoms with Gasteiger partial charge < -0.3 is 5.32 Å². The number of carbonyl (C=O) groups is 1. The number of tetrazole rings is 1. The van der Waals surface area contributed by atoms with Crippen molar-refractivity contribution in [2.24, 2.45) is 11.8 Å². The van der Waals surface area contributed by atoms with Crippen LogP contribution in [-0.2, 0) is 4.79 Å². The Morgan fingerprint density at radius 2 is 2.19 bits per heavy atom. The third kappa shape index (κ3) is 4.23. The lowest BCUT2D eigenvalue weighted by molar-refractivity contribution is -0.121. The normalized spacial score (nSPS) is 24.2. The number of hydrogen-bond donors (Lipinski definition) is 1. The van der Waals surface area contributed by atoms with Crippen LogP contribution in [0.5, 0.6) is 0 Å². The first-order valence-corrected chi connectivity index (χ1v) is 9.85. The number of thioether (sulfide) groups is 1. The molecule has 0 bridgehead atoms. The molecule has 1 saturated carbocycles. The minimum atomic E-state index is -0.361. The zero-order valence-corrected chi connectivity index (χ0v) is 16.0. The smallest absolute Gasteiger partial charge is 0.233 e. The average molecular weight is 377 g/mol. The first-order chi connectivity index (χ1) is 12.5. The Balaban J connectivity index is 1.66. The molecule has 1 aromatic heterocycles. The van der Waals surface area contributed by atoms with Gasteiger partial charge in [0.2, 0.25) is 11.1 Å². The molecule has 8 heteroatoms. The van der Waals surface area contributed by atoms with Crippen LogP contribution in [0.4, 0.5) is 4.39 Å². The number of nitrogens with one attached hydrogen (secondary N) is 1. The van der Waals surface area contributed by atoms with Gasteiger partial charge in [0.05, 0.1) is 10.9 Å². The molecule has 6 nitrogen and oxygen atoms in total. The van der Waals surface area contributed by atoms with E-state index in [-0.39, 0.29) is 23.0 Å². The SMILES string of the molecule is CC(Sc1nnnn1-c1cccc(F)c1)C(=O)NC1CCCC(C)C1C. The van der Waals surface area contributed by atoms with Crippen LogP contribution in [-0.4, -0.2) is 37.4 Å². The molecule has 26 heavy (non-hydrogen) atoms. The maximum Gasteiger partial charge on any atom is 0.233 e. The van der Waals surface area contributed by atoms with Gasteiger partial charge in [-0.1, -0.05) is 44.5 Å². The van der Waals surface area contributed by atoms with Gasteiger partial charge in [0.25, 0.3) is 0 Å². The van der Waals surface area contributed by atoms with Gasteiger partial charge in [-0.15, -0.1) is 5.10 Å².